The van der Waals surface area contributed by atoms with Gasteiger partial charge in [0.1, 0.15) is 5.60 Å². The number of nitriles is 1. The summed E-state index contributed by atoms with van der Waals surface area (Å²) in [6.45, 7) is 7.65. The molecule has 1 aliphatic heterocycles. The Labute approximate surface area is 179 Å². The highest BCUT2D eigenvalue weighted by Crippen LogP contribution is 2.39. The summed E-state index contributed by atoms with van der Waals surface area (Å²) in [7, 11) is 0. The molecule has 2 amide bonds. The average molecular weight is 412 g/mol. The van der Waals surface area contributed by atoms with E-state index in [1.807, 2.05) is 37.8 Å². The van der Waals surface area contributed by atoms with Crippen molar-refractivity contribution >= 4 is 12.5 Å². The molecule has 1 aromatic carbocycles. The van der Waals surface area contributed by atoms with Crippen molar-refractivity contribution in [2.75, 3.05) is 19.6 Å². The number of benzene rings is 1. The van der Waals surface area contributed by atoms with E-state index in [1.165, 1.54) is 5.56 Å². The van der Waals surface area contributed by atoms with Crippen molar-refractivity contribution < 1.29 is 14.3 Å². The molecule has 1 saturated carbocycles. The number of rotatable bonds is 7. The van der Waals surface area contributed by atoms with E-state index in [-0.39, 0.29) is 11.5 Å². The van der Waals surface area contributed by atoms with Gasteiger partial charge >= 0.3 is 6.09 Å². The van der Waals surface area contributed by atoms with Crippen LogP contribution in [0.2, 0.25) is 0 Å². The summed E-state index contributed by atoms with van der Waals surface area (Å²) < 4.78 is 5.54. The number of carbonyl (C=O) groups is 2. The summed E-state index contributed by atoms with van der Waals surface area (Å²) in [5.74, 6) is 0. The molecule has 0 radical (unpaired) electrons. The van der Waals surface area contributed by atoms with Crippen molar-refractivity contribution in [3.05, 3.63) is 35.4 Å². The lowest BCUT2D eigenvalue weighted by Crippen LogP contribution is -2.50. The third kappa shape index (κ3) is 5.98. The molecule has 1 heterocycles. The molecule has 6 heteroatoms. The summed E-state index contributed by atoms with van der Waals surface area (Å²) in [6, 6.07) is 10.8. The third-order valence-corrected chi connectivity index (χ3v) is 6.03. The highest BCUT2D eigenvalue weighted by molar-refractivity contribution is 5.68. The van der Waals surface area contributed by atoms with Gasteiger partial charge in [0.15, 0.2) is 0 Å². The first kappa shape index (κ1) is 22.1. The number of ether oxygens (including phenoxy) is 1. The van der Waals surface area contributed by atoms with Crippen LogP contribution in [0.15, 0.2) is 24.3 Å². The van der Waals surface area contributed by atoms with Crippen molar-refractivity contribution in [2.45, 2.75) is 70.9 Å². The maximum atomic E-state index is 12.5. The summed E-state index contributed by atoms with van der Waals surface area (Å²) in [5, 5.41) is 8.88. The Hall–Kier alpha value is -2.55. The van der Waals surface area contributed by atoms with Crippen molar-refractivity contribution in [3.8, 4) is 6.07 Å². The Kier molecular flexibility index (Phi) is 6.70. The van der Waals surface area contributed by atoms with E-state index in [9.17, 15) is 9.59 Å². The Morgan fingerprint density at radius 1 is 1.23 bits per heavy atom. The first-order valence-electron chi connectivity index (χ1n) is 10.9. The molecule has 2 fully saturated rings. The Bertz CT molecular complexity index is 779. The standard InChI is InChI=1S/C24H33N3O3/c1-23(2,3)30-22(29)26-14-11-24(12-15-26,17-27(18-28)21-8-9-21)16-20-6-4-19(5-7-20)10-13-25/h4-7,18,21H,8-12,14-17H2,1-3H3. The van der Waals surface area contributed by atoms with Crippen LogP contribution < -0.4 is 0 Å². The first-order chi connectivity index (χ1) is 14.2. The third-order valence-electron chi connectivity index (χ3n) is 6.03. The van der Waals surface area contributed by atoms with Gasteiger partial charge in [-0.25, -0.2) is 4.79 Å². The zero-order chi connectivity index (χ0) is 21.8. The molecule has 0 unspecified atom stereocenters. The monoisotopic (exact) mass is 411 g/mol. The molecule has 0 N–H and O–H groups in total. The van der Waals surface area contributed by atoms with E-state index in [4.69, 9.17) is 10.00 Å². The van der Waals surface area contributed by atoms with Gasteiger partial charge in [0, 0.05) is 25.7 Å². The molecule has 1 aromatic rings. The minimum Gasteiger partial charge on any atom is -0.444 e. The molecular weight excluding hydrogens is 378 g/mol. The molecule has 30 heavy (non-hydrogen) atoms. The molecular formula is C24H33N3O3. The lowest BCUT2D eigenvalue weighted by Gasteiger charge is -2.44. The van der Waals surface area contributed by atoms with Crippen LogP contribution in [-0.4, -0.2) is 53.6 Å². The largest absolute Gasteiger partial charge is 0.444 e. The molecule has 0 atom stereocenters. The van der Waals surface area contributed by atoms with E-state index in [0.29, 0.717) is 25.6 Å². The van der Waals surface area contributed by atoms with Gasteiger partial charge in [0.25, 0.3) is 0 Å². The fourth-order valence-electron chi connectivity index (χ4n) is 4.23. The smallest absolute Gasteiger partial charge is 0.410 e. The highest BCUT2D eigenvalue weighted by atomic mass is 16.6. The number of piperidine rings is 1. The molecule has 6 nitrogen and oxygen atoms in total. The SMILES string of the molecule is CC(C)(C)OC(=O)N1CCC(Cc2ccc(CC#N)cc2)(CN(C=O)C2CC2)CC1. The van der Waals surface area contributed by atoms with E-state index in [0.717, 1.165) is 50.6 Å². The molecule has 2 aliphatic rings. The van der Waals surface area contributed by atoms with E-state index in [2.05, 4.69) is 18.2 Å². The van der Waals surface area contributed by atoms with Crippen LogP contribution >= 0.6 is 0 Å². The topological polar surface area (TPSA) is 73.6 Å². The number of nitrogens with zero attached hydrogens (tertiary/aromatic N) is 3. The molecule has 1 aliphatic carbocycles. The first-order valence-corrected chi connectivity index (χ1v) is 10.9. The van der Waals surface area contributed by atoms with Gasteiger partial charge in [0.05, 0.1) is 12.5 Å². The molecule has 0 spiro atoms. The van der Waals surface area contributed by atoms with Crippen molar-refractivity contribution in [1.82, 2.24) is 9.80 Å². The average Bonchev–Trinajstić information content (AvgIpc) is 3.52. The number of likely N-dealkylation sites (tertiary alicyclic amines) is 1. The van der Waals surface area contributed by atoms with E-state index in [1.54, 1.807) is 4.90 Å². The lowest BCUT2D eigenvalue weighted by atomic mass is 9.73. The van der Waals surface area contributed by atoms with Crippen LogP contribution in [0.5, 0.6) is 0 Å². The number of hydrogen-bond donors (Lipinski definition) is 0. The van der Waals surface area contributed by atoms with Crippen LogP contribution in [0.1, 0.15) is 57.6 Å². The van der Waals surface area contributed by atoms with Gasteiger partial charge in [-0.1, -0.05) is 24.3 Å². The molecule has 0 aromatic heterocycles. The van der Waals surface area contributed by atoms with Crippen LogP contribution in [-0.2, 0) is 22.4 Å². The second-order valence-corrected chi connectivity index (χ2v) is 9.80. The molecule has 1 saturated heterocycles. The normalized spacial score (nSPS) is 18.4. The quantitative estimate of drug-likeness (QED) is 0.637. The zero-order valence-electron chi connectivity index (χ0n) is 18.4. The lowest BCUT2D eigenvalue weighted by molar-refractivity contribution is -0.120. The van der Waals surface area contributed by atoms with Crippen molar-refractivity contribution in [2.24, 2.45) is 5.41 Å². The van der Waals surface area contributed by atoms with Gasteiger partial charge in [-0.3, -0.25) is 4.79 Å². The summed E-state index contributed by atoms with van der Waals surface area (Å²) >= 11 is 0. The van der Waals surface area contributed by atoms with Gasteiger partial charge < -0.3 is 14.5 Å². The van der Waals surface area contributed by atoms with E-state index >= 15 is 0 Å². The fourth-order valence-corrected chi connectivity index (χ4v) is 4.23. The van der Waals surface area contributed by atoms with Crippen LogP contribution in [0.25, 0.3) is 0 Å². The van der Waals surface area contributed by atoms with Gasteiger partial charge in [-0.05, 0) is 69.4 Å². The van der Waals surface area contributed by atoms with Gasteiger partial charge in [-0.2, -0.15) is 5.26 Å². The number of amides is 2. The highest BCUT2D eigenvalue weighted by Gasteiger charge is 2.41. The zero-order valence-corrected chi connectivity index (χ0v) is 18.4. The Morgan fingerprint density at radius 2 is 1.83 bits per heavy atom. The van der Waals surface area contributed by atoms with Crippen molar-refractivity contribution in [3.63, 3.8) is 0 Å². The van der Waals surface area contributed by atoms with Crippen LogP contribution in [0, 0.1) is 16.7 Å². The van der Waals surface area contributed by atoms with E-state index < -0.39 is 5.60 Å². The Balaban J connectivity index is 1.72. The predicted octanol–water partition coefficient (Wildman–Crippen LogP) is 3.93. The van der Waals surface area contributed by atoms with Crippen LogP contribution in [0.3, 0.4) is 0 Å². The molecule has 0 bridgehead atoms. The maximum absolute atomic E-state index is 12.5. The van der Waals surface area contributed by atoms with Crippen LogP contribution in [0.4, 0.5) is 4.79 Å². The minimum atomic E-state index is -0.503. The second kappa shape index (κ2) is 9.07. The number of carbonyl (C=O) groups excluding carboxylic acids is 2. The predicted molar refractivity (Wildman–Crippen MR) is 115 cm³/mol. The number of hydrogen-bond acceptors (Lipinski definition) is 4. The second-order valence-electron chi connectivity index (χ2n) is 9.80. The van der Waals surface area contributed by atoms with Gasteiger partial charge in [0.2, 0.25) is 6.41 Å². The molecule has 3 rings (SSSR count). The fraction of sp³-hybridized carbons (Fsp3) is 0.625. The minimum absolute atomic E-state index is 0.0568. The molecule has 162 valence electrons. The Morgan fingerprint density at radius 3 is 2.33 bits per heavy atom. The van der Waals surface area contributed by atoms with Gasteiger partial charge in [-0.15, -0.1) is 0 Å². The maximum Gasteiger partial charge on any atom is 0.410 e. The summed E-state index contributed by atoms with van der Waals surface area (Å²) in [4.78, 5) is 28.0. The summed E-state index contributed by atoms with van der Waals surface area (Å²) in [6.07, 6.45) is 5.85. The summed E-state index contributed by atoms with van der Waals surface area (Å²) in [5.41, 5.74) is 1.67. The van der Waals surface area contributed by atoms with Crippen molar-refractivity contribution in [1.29, 1.82) is 5.26 Å².